The van der Waals surface area contributed by atoms with Crippen LogP contribution in [0.2, 0.25) is 0 Å². The van der Waals surface area contributed by atoms with Crippen molar-refractivity contribution >= 4 is 47.3 Å². The Balaban J connectivity index is 1.51. The predicted octanol–water partition coefficient (Wildman–Crippen LogP) is 2.74. The molecule has 0 aliphatic heterocycles. The Labute approximate surface area is 181 Å². The van der Waals surface area contributed by atoms with Gasteiger partial charge in [-0.05, 0) is 17.7 Å². The molecule has 2 aromatic carbocycles. The third-order valence-electron chi connectivity index (χ3n) is 3.79. The van der Waals surface area contributed by atoms with Crippen molar-refractivity contribution in [3.63, 3.8) is 0 Å². The Bertz CT molecular complexity index is 1110. The van der Waals surface area contributed by atoms with E-state index in [2.05, 4.69) is 26.0 Å². The number of nitro groups is 1. The van der Waals surface area contributed by atoms with Crippen molar-refractivity contribution < 1.29 is 9.72 Å². The minimum Gasteiger partial charge on any atom is -0.334 e. The van der Waals surface area contributed by atoms with Gasteiger partial charge >= 0.3 is 0 Å². The summed E-state index contributed by atoms with van der Waals surface area (Å²) in [6.45, 7) is 0. The molecule has 0 bridgehead atoms. The van der Waals surface area contributed by atoms with E-state index < -0.39 is 10.8 Å². The predicted molar refractivity (Wildman–Crippen MR) is 120 cm³/mol. The smallest absolute Gasteiger partial charge is 0.292 e. The van der Waals surface area contributed by atoms with Gasteiger partial charge in [-0.3, -0.25) is 14.9 Å². The molecule has 158 valence electrons. The van der Waals surface area contributed by atoms with Crippen LogP contribution in [-0.2, 0) is 4.79 Å². The maximum Gasteiger partial charge on any atom is 0.292 e. The summed E-state index contributed by atoms with van der Waals surface area (Å²) in [6, 6.07) is 15.6. The van der Waals surface area contributed by atoms with Gasteiger partial charge < -0.3 is 11.2 Å². The molecule has 11 nitrogen and oxygen atoms in total. The zero-order chi connectivity index (χ0) is 22.1. The first-order valence-corrected chi connectivity index (χ1v) is 9.90. The Kier molecular flexibility index (Phi) is 7.32. The van der Waals surface area contributed by atoms with Crippen LogP contribution in [0.4, 0.5) is 17.3 Å². The summed E-state index contributed by atoms with van der Waals surface area (Å²) < 4.78 is 1.15. The number of rotatable bonds is 9. The molecule has 0 fully saturated rings. The zero-order valence-corrected chi connectivity index (χ0v) is 16.9. The number of hydrogen-bond donors (Lipinski definition) is 3. The van der Waals surface area contributed by atoms with Gasteiger partial charge in [0, 0.05) is 12.3 Å². The summed E-state index contributed by atoms with van der Waals surface area (Å²) in [5, 5.41) is 25.5. The number of allylic oxidation sites excluding steroid dienone is 1. The molecule has 0 aliphatic carbocycles. The molecule has 4 N–H and O–H groups in total. The van der Waals surface area contributed by atoms with Crippen molar-refractivity contribution in [2.75, 3.05) is 22.3 Å². The molecule has 0 radical (unpaired) electrons. The van der Waals surface area contributed by atoms with E-state index in [0.29, 0.717) is 0 Å². The van der Waals surface area contributed by atoms with Gasteiger partial charge in [0.15, 0.2) is 0 Å². The Hall–Kier alpha value is -4.19. The summed E-state index contributed by atoms with van der Waals surface area (Å²) >= 11 is 1.03. The summed E-state index contributed by atoms with van der Waals surface area (Å²) in [5.41, 5.74) is 3.63. The second-order valence-electron chi connectivity index (χ2n) is 5.95. The lowest BCUT2D eigenvalue weighted by atomic mass is 10.2. The zero-order valence-electron chi connectivity index (χ0n) is 16.1. The molecular formula is C19H18N8O3S. The number of thioether (sulfide) groups is 1. The standard InChI is InChI=1S/C19H18N8O3S/c20-26-18(23-21-12-6-9-14-7-2-1-3-8-14)24-25-19(26)31-13-17(28)22-15-10-4-5-11-16(15)27(29)30/h1-12H,13,20H2,(H,22,28)(H,23,24)/b9-6+,21-12+. The highest BCUT2D eigenvalue weighted by atomic mass is 32.2. The van der Waals surface area contributed by atoms with E-state index in [1.807, 2.05) is 36.4 Å². The van der Waals surface area contributed by atoms with E-state index >= 15 is 0 Å². The Morgan fingerprint density at radius 1 is 1.19 bits per heavy atom. The van der Waals surface area contributed by atoms with Crippen LogP contribution in [0.3, 0.4) is 0 Å². The Morgan fingerprint density at radius 3 is 2.71 bits per heavy atom. The van der Waals surface area contributed by atoms with Crippen LogP contribution in [-0.4, -0.2) is 37.7 Å². The molecule has 0 spiro atoms. The van der Waals surface area contributed by atoms with Crippen molar-refractivity contribution in [1.29, 1.82) is 0 Å². The van der Waals surface area contributed by atoms with Crippen molar-refractivity contribution in [2.24, 2.45) is 5.10 Å². The number of aromatic nitrogens is 3. The average molecular weight is 438 g/mol. The number of hydrazone groups is 1. The second-order valence-corrected chi connectivity index (χ2v) is 6.89. The number of nitro benzene ring substituents is 1. The highest BCUT2D eigenvalue weighted by molar-refractivity contribution is 7.99. The first-order valence-electron chi connectivity index (χ1n) is 8.92. The van der Waals surface area contributed by atoms with Crippen LogP contribution in [0.25, 0.3) is 6.08 Å². The number of nitrogens with two attached hydrogens (primary N) is 1. The van der Waals surface area contributed by atoms with Crippen LogP contribution in [0.1, 0.15) is 5.56 Å². The SMILES string of the molecule is Nn1c(N/N=C/C=C/c2ccccc2)nnc1SCC(=O)Nc1ccccc1[N+](=O)[O-]. The fraction of sp³-hybridized carbons (Fsp3) is 0.0526. The lowest BCUT2D eigenvalue weighted by Crippen LogP contribution is -2.17. The number of nitrogens with zero attached hydrogens (tertiary/aromatic N) is 5. The molecule has 0 saturated heterocycles. The number of para-hydroxylation sites is 2. The number of nitrogens with one attached hydrogen (secondary N) is 2. The Morgan fingerprint density at radius 2 is 1.94 bits per heavy atom. The van der Waals surface area contributed by atoms with Crippen molar-refractivity contribution in [3.8, 4) is 0 Å². The number of carbonyl (C=O) groups excluding carboxylic acids is 1. The molecule has 3 aromatic rings. The molecular weight excluding hydrogens is 420 g/mol. The summed E-state index contributed by atoms with van der Waals surface area (Å²) in [5.74, 6) is 5.58. The molecule has 0 saturated carbocycles. The van der Waals surface area contributed by atoms with E-state index in [9.17, 15) is 14.9 Å². The minimum atomic E-state index is -0.563. The van der Waals surface area contributed by atoms with Gasteiger partial charge in [-0.1, -0.05) is 60.3 Å². The molecule has 0 atom stereocenters. The number of hydrogen-bond acceptors (Lipinski definition) is 9. The maximum absolute atomic E-state index is 12.1. The van der Waals surface area contributed by atoms with Crippen LogP contribution < -0.4 is 16.6 Å². The average Bonchev–Trinajstić information content (AvgIpc) is 3.12. The van der Waals surface area contributed by atoms with E-state index in [0.717, 1.165) is 22.0 Å². The van der Waals surface area contributed by atoms with Gasteiger partial charge in [-0.15, -0.1) is 10.2 Å². The van der Waals surface area contributed by atoms with Crippen molar-refractivity contribution in [3.05, 3.63) is 76.4 Å². The van der Waals surface area contributed by atoms with Gasteiger partial charge in [-0.2, -0.15) is 5.10 Å². The van der Waals surface area contributed by atoms with Crippen LogP contribution in [0.5, 0.6) is 0 Å². The first kappa shape index (κ1) is 21.5. The lowest BCUT2D eigenvalue weighted by molar-refractivity contribution is -0.383. The third-order valence-corrected chi connectivity index (χ3v) is 4.73. The van der Waals surface area contributed by atoms with Crippen LogP contribution >= 0.6 is 11.8 Å². The summed E-state index contributed by atoms with van der Waals surface area (Å²) in [6.07, 6.45) is 5.17. The largest absolute Gasteiger partial charge is 0.334 e. The van der Waals surface area contributed by atoms with Gasteiger partial charge in [-0.25, -0.2) is 10.1 Å². The molecule has 1 aromatic heterocycles. The summed E-state index contributed by atoms with van der Waals surface area (Å²) in [7, 11) is 0. The minimum absolute atomic E-state index is 0.0650. The van der Waals surface area contributed by atoms with E-state index in [1.165, 1.54) is 24.4 Å². The molecule has 3 rings (SSSR count). The van der Waals surface area contributed by atoms with Gasteiger partial charge in [0.25, 0.3) is 11.6 Å². The molecule has 12 heteroatoms. The molecule has 0 aliphatic rings. The first-order chi connectivity index (χ1) is 15.0. The third kappa shape index (κ3) is 6.14. The quantitative estimate of drug-likeness (QED) is 0.151. The highest BCUT2D eigenvalue weighted by Gasteiger charge is 2.16. The van der Waals surface area contributed by atoms with Crippen LogP contribution in [0, 0.1) is 10.1 Å². The second kappa shape index (κ2) is 10.5. The van der Waals surface area contributed by atoms with Crippen LogP contribution in [0.15, 0.2) is 70.9 Å². The number of amides is 1. The van der Waals surface area contributed by atoms with Crippen molar-refractivity contribution in [2.45, 2.75) is 5.16 Å². The fourth-order valence-corrected chi connectivity index (χ4v) is 3.02. The van der Waals surface area contributed by atoms with Crippen molar-refractivity contribution in [1.82, 2.24) is 14.9 Å². The fourth-order valence-electron chi connectivity index (χ4n) is 2.36. The molecule has 0 unspecified atom stereocenters. The number of anilines is 2. The lowest BCUT2D eigenvalue weighted by Gasteiger charge is -2.05. The molecule has 31 heavy (non-hydrogen) atoms. The number of carbonyl (C=O) groups is 1. The number of benzene rings is 2. The highest BCUT2D eigenvalue weighted by Crippen LogP contribution is 2.24. The normalized spacial score (nSPS) is 11.1. The van der Waals surface area contributed by atoms with Gasteiger partial charge in [0.2, 0.25) is 11.1 Å². The topological polar surface area (TPSA) is 153 Å². The molecule has 1 amide bonds. The molecule has 1 heterocycles. The van der Waals surface area contributed by atoms with E-state index in [1.54, 1.807) is 12.1 Å². The van der Waals surface area contributed by atoms with E-state index in [4.69, 9.17) is 5.84 Å². The van der Waals surface area contributed by atoms with Gasteiger partial charge in [0.05, 0.1) is 10.7 Å². The van der Waals surface area contributed by atoms with E-state index in [-0.39, 0.29) is 28.2 Å². The monoisotopic (exact) mass is 438 g/mol. The maximum atomic E-state index is 12.1. The van der Waals surface area contributed by atoms with Gasteiger partial charge in [0.1, 0.15) is 5.69 Å². The number of nitrogen functional groups attached to an aromatic ring is 1. The summed E-state index contributed by atoms with van der Waals surface area (Å²) in [4.78, 5) is 22.6.